The third kappa shape index (κ3) is 8.11. The van der Waals surface area contributed by atoms with Crippen LogP contribution in [0, 0.1) is 13.7 Å². The fourth-order valence-electron chi connectivity index (χ4n) is 5.99. The third-order valence-corrected chi connectivity index (χ3v) is 11.0. The maximum atomic E-state index is 11.8. The molecule has 0 spiro atoms. The Hall–Kier alpha value is -3.92. The molecule has 1 aromatic heterocycles. The van der Waals surface area contributed by atoms with Gasteiger partial charge in [-0.15, -0.1) is 0 Å². The van der Waals surface area contributed by atoms with Crippen molar-refractivity contribution in [3.05, 3.63) is 145 Å². The second kappa shape index (κ2) is 15.7. The molecule has 0 radical (unpaired) electrons. The first-order valence-corrected chi connectivity index (χ1v) is 19.5. The number of carbonyl (C=O) groups is 1. The van der Waals surface area contributed by atoms with Crippen molar-refractivity contribution in [2.75, 3.05) is 0 Å². The number of thiol groups is 1. The molecule has 4 nitrogen and oxygen atoms in total. The molecule has 0 aliphatic heterocycles. The molecular formula is C43H45AuN2O2S. The van der Waals surface area contributed by atoms with E-state index in [2.05, 4.69) is 136 Å². The average Bonchev–Trinajstić information content (AvgIpc) is 3.55. The SMILES string of the molecule is CC(C)c1cccc(C(C)C)c1-n1ccn(-c2c(C(C)C)cccc2C(C)C)[c]1=[Au][C]#Cc1cccc(C(=O)S)c1.O=c1c2ccccc12. The van der Waals surface area contributed by atoms with Gasteiger partial charge in [-0.25, -0.2) is 0 Å². The van der Waals surface area contributed by atoms with Crippen molar-refractivity contribution in [2.24, 2.45) is 0 Å². The van der Waals surface area contributed by atoms with Gasteiger partial charge in [0, 0.05) is 10.8 Å². The Kier molecular flexibility index (Phi) is 11.7. The van der Waals surface area contributed by atoms with Crippen LogP contribution in [-0.2, 0) is 19.3 Å². The first-order valence-electron chi connectivity index (χ1n) is 16.8. The summed E-state index contributed by atoms with van der Waals surface area (Å²) < 4.78 is 9.59. The van der Waals surface area contributed by atoms with Crippen molar-refractivity contribution >= 4 is 28.5 Å². The van der Waals surface area contributed by atoms with Crippen LogP contribution in [0.1, 0.15) is 117 Å². The first kappa shape index (κ1) is 36.4. The Morgan fingerprint density at radius 2 is 1.06 bits per heavy atom. The predicted octanol–water partition coefficient (Wildman–Crippen LogP) is 10.5. The number of carbonyl (C=O) groups excluding carboxylic acids is 1. The zero-order chi connectivity index (χ0) is 35.4. The van der Waals surface area contributed by atoms with Gasteiger partial charge in [0.2, 0.25) is 0 Å². The van der Waals surface area contributed by atoms with Crippen molar-refractivity contribution in [1.29, 1.82) is 0 Å². The smallest absolute Gasteiger partial charge is 0.194 e. The summed E-state index contributed by atoms with van der Waals surface area (Å²) in [5, 5.41) is 1.55. The monoisotopic (exact) mass is 850 g/mol. The van der Waals surface area contributed by atoms with E-state index in [1.165, 1.54) is 37.3 Å². The number of fused-ring (bicyclic) bond motifs is 1. The van der Waals surface area contributed by atoms with E-state index >= 15 is 0 Å². The molecule has 0 aliphatic carbocycles. The number of nitrogens with zero attached hydrogens (tertiary/aromatic N) is 2. The minimum atomic E-state index is -0.602. The fourth-order valence-corrected chi connectivity index (χ4v) is 8.15. The molecule has 49 heavy (non-hydrogen) atoms. The van der Waals surface area contributed by atoms with Crippen LogP contribution in [0.2, 0.25) is 0 Å². The van der Waals surface area contributed by atoms with Gasteiger partial charge in [0.05, 0.1) is 0 Å². The summed E-state index contributed by atoms with van der Waals surface area (Å²) in [5.41, 5.74) is 9.55. The van der Waals surface area contributed by atoms with Crippen LogP contribution in [0.4, 0.5) is 0 Å². The molecule has 6 heteroatoms. The van der Waals surface area contributed by atoms with E-state index in [1.54, 1.807) is 6.07 Å². The van der Waals surface area contributed by atoms with Crippen molar-refractivity contribution < 1.29 is 24.1 Å². The average molecular weight is 851 g/mol. The third-order valence-electron chi connectivity index (χ3n) is 8.64. The molecule has 0 fully saturated rings. The Morgan fingerprint density at radius 1 is 0.633 bits per heavy atom. The van der Waals surface area contributed by atoms with Crippen LogP contribution in [0.5, 0.6) is 0 Å². The van der Waals surface area contributed by atoms with Crippen LogP contribution in [0.3, 0.4) is 0 Å². The normalized spacial score (nSPS) is 11.4. The number of hydrogen-bond donors (Lipinski definition) is 1. The number of imidazole rings is 1. The Morgan fingerprint density at radius 3 is 1.45 bits per heavy atom. The molecule has 0 N–H and O–H groups in total. The Bertz CT molecular complexity index is 2100. The summed E-state index contributed by atoms with van der Waals surface area (Å²) in [6.07, 6.45) is 4.48. The topological polar surface area (TPSA) is 44.0 Å². The van der Waals surface area contributed by atoms with E-state index < -0.39 is 19.3 Å². The van der Waals surface area contributed by atoms with E-state index in [0.29, 0.717) is 29.2 Å². The molecule has 0 bridgehead atoms. The number of aromatic nitrogens is 2. The van der Waals surface area contributed by atoms with Crippen LogP contribution in [0.25, 0.3) is 22.1 Å². The quantitative estimate of drug-likeness (QED) is 0.0988. The maximum absolute atomic E-state index is 11.8. The Balaban J connectivity index is 0.000000505. The minimum Gasteiger partial charge on any atom is -0.289 e. The van der Waals surface area contributed by atoms with E-state index in [-0.39, 0.29) is 10.5 Å². The molecule has 0 saturated heterocycles. The molecule has 0 amide bonds. The molecule has 256 valence electrons. The summed E-state index contributed by atoms with van der Waals surface area (Å²) in [6.45, 7) is 18.2. The first-order chi connectivity index (χ1) is 23.4. The van der Waals surface area contributed by atoms with Gasteiger partial charge in [0.15, 0.2) is 5.43 Å². The van der Waals surface area contributed by atoms with E-state index in [0.717, 1.165) is 16.3 Å². The summed E-state index contributed by atoms with van der Waals surface area (Å²) >= 11 is 3.40. The summed E-state index contributed by atoms with van der Waals surface area (Å²) in [5.74, 6) is 4.89. The maximum Gasteiger partial charge on any atom is 0.194 e. The van der Waals surface area contributed by atoms with E-state index in [9.17, 15) is 9.59 Å². The second-order valence-electron chi connectivity index (χ2n) is 13.5. The Labute approximate surface area is 305 Å². The van der Waals surface area contributed by atoms with Crippen LogP contribution < -0.4 is 5.43 Å². The number of hydrogen-bond acceptors (Lipinski definition) is 2. The summed E-state index contributed by atoms with van der Waals surface area (Å²) in [6, 6.07) is 28.3. The van der Waals surface area contributed by atoms with Gasteiger partial charge in [0.25, 0.3) is 0 Å². The number of para-hydroxylation sites is 2. The van der Waals surface area contributed by atoms with Crippen molar-refractivity contribution in [2.45, 2.75) is 79.1 Å². The zero-order valence-corrected chi connectivity index (χ0v) is 32.6. The predicted molar refractivity (Wildman–Crippen MR) is 204 cm³/mol. The summed E-state index contributed by atoms with van der Waals surface area (Å²) in [7, 11) is 0. The standard InChI is InChI=1S/C27H36N2.C9H5OS.C7H4O.Au/c1-18(2)22-11-9-12-23(19(3)4)26(22)28-15-16-29(17-28)27-24(20(5)6)13-10-14-25(27)21(7)8;1-2-7-4-3-5-8(6-7)9(10)11;8-7-5-3-1-2-4-6(5)7;/h9-16,18-21H,1-8H3;3-6H,(H,10,11);1-4H;. The second-order valence-corrected chi connectivity index (χ2v) is 16.0. The van der Waals surface area contributed by atoms with Gasteiger partial charge in [-0.05, 0) is 0 Å². The van der Waals surface area contributed by atoms with Gasteiger partial charge < -0.3 is 0 Å². The van der Waals surface area contributed by atoms with Crippen molar-refractivity contribution in [3.63, 3.8) is 0 Å². The van der Waals surface area contributed by atoms with E-state index in [1.807, 2.05) is 42.5 Å². The molecule has 0 saturated carbocycles. The van der Waals surface area contributed by atoms with Gasteiger partial charge >= 0.3 is 262 Å². The number of benzene rings is 4. The van der Waals surface area contributed by atoms with Crippen LogP contribution >= 0.6 is 12.6 Å². The largest absolute Gasteiger partial charge is 0.289 e. The zero-order valence-electron chi connectivity index (χ0n) is 29.5. The molecular weight excluding hydrogens is 806 g/mol. The molecule has 0 atom stereocenters. The van der Waals surface area contributed by atoms with Gasteiger partial charge in [0.1, 0.15) is 0 Å². The van der Waals surface area contributed by atoms with Crippen molar-refractivity contribution in [1.82, 2.24) is 9.13 Å². The molecule has 6 aromatic rings. The van der Waals surface area contributed by atoms with Crippen molar-refractivity contribution in [3.8, 4) is 21.4 Å². The molecule has 0 aliphatic rings. The van der Waals surface area contributed by atoms with Crippen LogP contribution in [0.15, 0.2) is 102 Å². The number of rotatable bonds is 7. The molecule has 6 rings (SSSR count). The minimum absolute atomic E-state index is 0.218. The molecule has 0 unspecified atom stereocenters. The van der Waals surface area contributed by atoms with E-state index in [4.69, 9.17) is 0 Å². The molecule has 1 heterocycles. The van der Waals surface area contributed by atoms with Gasteiger partial charge in [-0.1, -0.05) is 24.3 Å². The summed E-state index contributed by atoms with van der Waals surface area (Å²) in [4.78, 5) is 22.4. The van der Waals surface area contributed by atoms with Gasteiger partial charge in [-0.2, -0.15) is 0 Å². The van der Waals surface area contributed by atoms with Crippen LogP contribution in [-0.4, -0.2) is 14.2 Å². The van der Waals surface area contributed by atoms with Gasteiger partial charge in [-0.3, -0.25) is 4.79 Å². The fraction of sp³-hybridized carbons (Fsp3) is 0.279. The molecule has 5 aromatic carbocycles.